The normalized spacial score (nSPS) is 0. The summed E-state index contributed by atoms with van der Waals surface area (Å²) in [5.41, 5.74) is 0. The van der Waals surface area contributed by atoms with E-state index in [9.17, 15) is 0 Å². The third-order valence-corrected chi connectivity index (χ3v) is 0. The molecule has 0 spiro atoms. The van der Waals surface area contributed by atoms with E-state index in [0.717, 1.165) is 0 Å². The van der Waals surface area contributed by atoms with Crippen molar-refractivity contribution in [3.8, 4) is 0 Å². The van der Waals surface area contributed by atoms with Crippen LogP contribution in [0, 0.1) is 0 Å². The Balaban J connectivity index is 0. The summed E-state index contributed by atoms with van der Waals surface area (Å²) in [6.07, 6.45) is 0. The maximum Gasteiger partial charge on any atom is 3.00 e. The smallest absolute Gasteiger partial charge is 2.00 e. The first-order chi connectivity index (χ1) is 0. The third kappa shape index (κ3) is 8.83. The van der Waals surface area contributed by atoms with E-state index in [0.29, 0.717) is 0 Å². The second-order valence-electron chi connectivity index (χ2n) is 0. The Morgan fingerprint density at radius 3 is 0.750 bits per heavy atom. The van der Waals surface area contributed by atoms with Crippen LogP contribution in [0.5, 0.6) is 0 Å². The average molecular weight is 186 g/mol. The summed E-state index contributed by atoms with van der Waals surface area (Å²) >= 11 is 0. The summed E-state index contributed by atoms with van der Waals surface area (Å²) in [5.74, 6) is 0. The molecule has 4 heteroatoms. The van der Waals surface area contributed by atoms with Crippen LogP contribution in [0.25, 0.3) is 0 Å². The molecule has 0 heterocycles. The molecule has 0 saturated carbocycles. The van der Waals surface area contributed by atoms with E-state index in [2.05, 4.69) is 0 Å². The minimum Gasteiger partial charge on any atom is -2.00 e. The van der Waals surface area contributed by atoms with Gasteiger partial charge in [0.1, 0.15) is 0 Å². The van der Waals surface area contributed by atoms with Crippen LogP contribution in [0.1, 0.15) is 0 Å². The maximum atomic E-state index is 0. The molecule has 0 rings (SSSR count). The first-order valence-corrected chi connectivity index (χ1v) is 0. The second kappa shape index (κ2) is 18.1. The molecule has 0 aliphatic heterocycles. The van der Waals surface area contributed by atoms with Gasteiger partial charge in [-0.25, -0.2) is 0 Å². The van der Waals surface area contributed by atoms with Crippen molar-refractivity contribution >= 4 is 25.8 Å². The van der Waals surface area contributed by atoms with Crippen LogP contribution in [0.15, 0.2) is 0 Å². The molecule has 16 valence electrons. The van der Waals surface area contributed by atoms with Crippen molar-refractivity contribution in [1.82, 2.24) is 0 Å². The minimum atomic E-state index is 0. The molecule has 0 aliphatic rings. The zero-order valence-electron chi connectivity index (χ0n) is 2.39. The van der Waals surface area contributed by atoms with Crippen molar-refractivity contribution < 1.29 is 62.3 Å². The fourth-order valence-electron chi connectivity index (χ4n) is 0. The fourth-order valence-corrected chi connectivity index (χ4v) is 0. The molecule has 0 saturated heterocycles. The Kier molecular flexibility index (Phi) is 145. The van der Waals surface area contributed by atoms with Crippen molar-refractivity contribution in [3.05, 3.63) is 0 Å². The first-order valence-electron chi connectivity index (χ1n) is 0. The Morgan fingerprint density at radius 1 is 0.750 bits per heavy atom. The third-order valence-electron chi connectivity index (χ3n) is 0. The van der Waals surface area contributed by atoms with E-state index >= 15 is 0 Å². The molecular weight excluding hydrogens is 186 g/mol. The maximum absolute atomic E-state index is 0. The molecule has 0 aromatic heterocycles. The van der Waals surface area contributed by atoms with Crippen molar-refractivity contribution in [3.63, 3.8) is 0 Å². The monoisotopic (exact) mass is 186 g/mol. The van der Waals surface area contributed by atoms with E-state index in [4.69, 9.17) is 0 Å². The SMILES string of the molecule is [In+3].[K+].[O-2].[O-2]. The van der Waals surface area contributed by atoms with Gasteiger partial charge in [-0.3, -0.25) is 0 Å². The number of rotatable bonds is 0. The average Bonchev–Trinajstić information content (AvgIpc) is 0. The molecule has 0 radical (unpaired) electrons. The van der Waals surface area contributed by atoms with Gasteiger partial charge in [-0.2, -0.15) is 0 Å². The van der Waals surface area contributed by atoms with Crippen LogP contribution in [-0.2, 0) is 11.0 Å². The Bertz CT molecular complexity index is 6.00. The van der Waals surface area contributed by atoms with E-state index in [1.165, 1.54) is 0 Å². The summed E-state index contributed by atoms with van der Waals surface area (Å²) in [5, 5.41) is 0. The van der Waals surface area contributed by atoms with Gasteiger partial charge in [-0.15, -0.1) is 0 Å². The summed E-state index contributed by atoms with van der Waals surface area (Å²) in [6, 6.07) is 0. The minimum absolute atomic E-state index is 0. The molecular formula is InKO2. The predicted molar refractivity (Wildman–Crippen MR) is 7.13 cm³/mol. The van der Waals surface area contributed by atoms with Crippen LogP contribution in [0.3, 0.4) is 0 Å². The standard InChI is InChI=1S/In.K.2O/q+3;+1;2*-2. The van der Waals surface area contributed by atoms with Gasteiger partial charge < -0.3 is 11.0 Å². The van der Waals surface area contributed by atoms with Gasteiger partial charge in [0.15, 0.2) is 0 Å². The zero-order chi connectivity index (χ0) is 0. The van der Waals surface area contributed by atoms with Gasteiger partial charge in [0.25, 0.3) is 0 Å². The molecule has 2 nitrogen and oxygen atoms in total. The second-order valence-corrected chi connectivity index (χ2v) is 0. The summed E-state index contributed by atoms with van der Waals surface area (Å²) in [4.78, 5) is 0. The van der Waals surface area contributed by atoms with E-state index in [1.807, 2.05) is 0 Å². The Hall–Kier alpha value is 2.43. The van der Waals surface area contributed by atoms with Gasteiger partial charge in [-0.05, 0) is 0 Å². The number of hydrogen-bond acceptors (Lipinski definition) is 0. The van der Waals surface area contributed by atoms with E-state index in [-0.39, 0.29) is 88.2 Å². The van der Waals surface area contributed by atoms with Gasteiger partial charge in [0.2, 0.25) is 0 Å². The van der Waals surface area contributed by atoms with Crippen LogP contribution in [0.2, 0.25) is 0 Å². The van der Waals surface area contributed by atoms with E-state index in [1.54, 1.807) is 0 Å². The zero-order valence-corrected chi connectivity index (χ0v) is 8.81. The molecule has 0 aliphatic carbocycles. The first kappa shape index (κ1) is 32.1. The molecule has 4 heavy (non-hydrogen) atoms. The summed E-state index contributed by atoms with van der Waals surface area (Å²) < 4.78 is 0. The van der Waals surface area contributed by atoms with E-state index < -0.39 is 0 Å². The van der Waals surface area contributed by atoms with Crippen LogP contribution in [-0.4, -0.2) is 25.8 Å². The Morgan fingerprint density at radius 2 is 0.750 bits per heavy atom. The van der Waals surface area contributed by atoms with Gasteiger partial charge in [0.05, 0.1) is 0 Å². The molecule has 0 bridgehead atoms. The van der Waals surface area contributed by atoms with Gasteiger partial charge in [-0.1, -0.05) is 0 Å². The molecule has 0 amide bonds. The van der Waals surface area contributed by atoms with Crippen molar-refractivity contribution in [1.29, 1.82) is 0 Å². The summed E-state index contributed by atoms with van der Waals surface area (Å²) in [6.45, 7) is 0. The number of hydrogen-bond donors (Lipinski definition) is 0. The molecule has 0 aromatic rings. The van der Waals surface area contributed by atoms with Gasteiger partial charge >= 0.3 is 77.2 Å². The van der Waals surface area contributed by atoms with Crippen molar-refractivity contribution in [2.45, 2.75) is 0 Å². The molecule has 0 atom stereocenters. The molecule has 0 N–H and O–H groups in total. The van der Waals surface area contributed by atoms with Crippen molar-refractivity contribution in [2.24, 2.45) is 0 Å². The van der Waals surface area contributed by atoms with Crippen LogP contribution >= 0.6 is 0 Å². The fraction of sp³-hybridized carbons (Fsp3) is 0. The van der Waals surface area contributed by atoms with Crippen molar-refractivity contribution in [2.75, 3.05) is 0 Å². The largest absolute Gasteiger partial charge is 3.00 e. The predicted octanol–water partition coefficient (Wildman–Crippen LogP) is -3.61. The summed E-state index contributed by atoms with van der Waals surface area (Å²) in [7, 11) is 0. The molecule has 0 aromatic carbocycles. The molecule has 0 unspecified atom stereocenters. The van der Waals surface area contributed by atoms with Crippen LogP contribution < -0.4 is 51.4 Å². The topological polar surface area (TPSA) is 57.0 Å². The molecule has 0 fully saturated rings. The van der Waals surface area contributed by atoms with Crippen LogP contribution in [0.4, 0.5) is 0 Å². The van der Waals surface area contributed by atoms with Gasteiger partial charge in [0, 0.05) is 0 Å². The quantitative estimate of drug-likeness (QED) is 0.351. The Labute approximate surface area is 86.2 Å².